The zero-order valence-electron chi connectivity index (χ0n) is 20.8. The molecule has 37 heavy (non-hydrogen) atoms. The standard InChI is InChI=1S/C28H27N5O4/c1-28(2,3)23-17-24(30-26(35)29-22-13-7-9-18-8-4-5-12-21(18)22)33(31-23)20-11-6-10-19(16-20)25(34)32-14-15-37-27(32)36/h4-13,16-17H,14-15H2,1-3H3,(H2,29,30,35). The normalized spacial score (nSPS) is 13.5. The lowest BCUT2D eigenvalue weighted by Gasteiger charge is -2.14. The number of hydrogen-bond donors (Lipinski definition) is 2. The van der Waals surface area contributed by atoms with Gasteiger partial charge in [-0.05, 0) is 29.7 Å². The van der Waals surface area contributed by atoms with Crippen LogP contribution in [0.4, 0.5) is 21.1 Å². The molecule has 0 radical (unpaired) electrons. The maximum absolute atomic E-state index is 13.1. The van der Waals surface area contributed by atoms with Crippen molar-refractivity contribution in [3.05, 3.63) is 84.1 Å². The maximum Gasteiger partial charge on any atom is 0.416 e. The smallest absolute Gasteiger partial charge is 0.416 e. The molecule has 9 heteroatoms. The summed E-state index contributed by atoms with van der Waals surface area (Å²) in [6, 6.07) is 21.7. The van der Waals surface area contributed by atoms with E-state index >= 15 is 0 Å². The van der Waals surface area contributed by atoms with Gasteiger partial charge in [-0.2, -0.15) is 5.10 Å². The van der Waals surface area contributed by atoms with Crippen molar-refractivity contribution in [3.63, 3.8) is 0 Å². The van der Waals surface area contributed by atoms with Crippen LogP contribution in [0.3, 0.4) is 0 Å². The highest BCUT2D eigenvalue weighted by atomic mass is 16.6. The predicted molar refractivity (Wildman–Crippen MR) is 141 cm³/mol. The summed E-state index contributed by atoms with van der Waals surface area (Å²) in [6.45, 7) is 6.47. The van der Waals surface area contributed by atoms with E-state index in [4.69, 9.17) is 9.84 Å². The molecule has 2 heterocycles. The fourth-order valence-corrected chi connectivity index (χ4v) is 4.14. The highest BCUT2D eigenvalue weighted by Crippen LogP contribution is 2.28. The van der Waals surface area contributed by atoms with E-state index in [1.54, 1.807) is 28.9 Å². The van der Waals surface area contributed by atoms with Gasteiger partial charge in [-0.25, -0.2) is 19.2 Å². The second kappa shape index (κ2) is 9.42. The lowest BCUT2D eigenvalue weighted by Crippen LogP contribution is -2.31. The molecule has 1 fully saturated rings. The summed E-state index contributed by atoms with van der Waals surface area (Å²) in [7, 11) is 0. The van der Waals surface area contributed by atoms with Crippen LogP contribution in [0.5, 0.6) is 0 Å². The van der Waals surface area contributed by atoms with Crippen LogP contribution < -0.4 is 10.6 Å². The zero-order chi connectivity index (χ0) is 26.2. The third kappa shape index (κ3) is 4.88. The van der Waals surface area contributed by atoms with Gasteiger partial charge in [0.1, 0.15) is 12.4 Å². The number of nitrogens with one attached hydrogen (secondary N) is 2. The molecule has 1 aromatic heterocycles. The number of benzene rings is 3. The second-order valence-corrected chi connectivity index (χ2v) is 9.80. The van der Waals surface area contributed by atoms with Gasteiger partial charge in [0.25, 0.3) is 5.91 Å². The number of anilines is 2. The number of amides is 4. The van der Waals surface area contributed by atoms with E-state index in [9.17, 15) is 14.4 Å². The number of ether oxygens (including phenoxy) is 1. The molecule has 0 bridgehead atoms. The molecule has 3 aromatic carbocycles. The van der Waals surface area contributed by atoms with Crippen molar-refractivity contribution in [2.45, 2.75) is 26.2 Å². The van der Waals surface area contributed by atoms with Gasteiger partial charge < -0.3 is 10.1 Å². The Balaban J connectivity index is 1.46. The number of urea groups is 1. The number of fused-ring (bicyclic) bond motifs is 1. The first-order chi connectivity index (χ1) is 17.7. The fraction of sp³-hybridized carbons (Fsp3) is 0.214. The van der Waals surface area contributed by atoms with E-state index in [1.165, 1.54) is 0 Å². The number of carbonyl (C=O) groups excluding carboxylic acids is 3. The van der Waals surface area contributed by atoms with E-state index in [-0.39, 0.29) is 18.6 Å². The van der Waals surface area contributed by atoms with Crippen LogP contribution in [0.2, 0.25) is 0 Å². The van der Waals surface area contributed by atoms with Crippen molar-refractivity contribution in [1.82, 2.24) is 14.7 Å². The van der Waals surface area contributed by atoms with Crippen LogP contribution in [0.25, 0.3) is 16.5 Å². The first-order valence-corrected chi connectivity index (χ1v) is 12.0. The molecule has 2 N–H and O–H groups in total. The molecule has 9 nitrogen and oxygen atoms in total. The quantitative estimate of drug-likeness (QED) is 0.384. The van der Waals surface area contributed by atoms with Crippen LogP contribution in [-0.4, -0.2) is 45.9 Å². The SMILES string of the molecule is CC(C)(C)c1cc(NC(=O)Nc2cccc3ccccc23)n(-c2cccc(C(=O)N3CCOC3=O)c2)n1. The highest BCUT2D eigenvalue weighted by molar-refractivity contribution is 6.06. The van der Waals surface area contributed by atoms with Gasteiger partial charge in [-0.1, -0.05) is 63.2 Å². The number of rotatable bonds is 4. The van der Waals surface area contributed by atoms with E-state index < -0.39 is 18.0 Å². The highest BCUT2D eigenvalue weighted by Gasteiger charge is 2.29. The van der Waals surface area contributed by atoms with Crippen molar-refractivity contribution < 1.29 is 19.1 Å². The number of hydrogen-bond acceptors (Lipinski definition) is 5. The van der Waals surface area contributed by atoms with Crippen LogP contribution in [0, 0.1) is 0 Å². The minimum atomic E-state index is -0.656. The number of imide groups is 1. The summed E-state index contributed by atoms with van der Waals surface area (Å²) in [4.78, 5) is 38.9. The molecule has 1 aliphatic heterocycles. The Kier molecular flexibility index (Phi) is 6.12. The van der Waals surface area contributed by atoms with Gasteiger partial charge in [0, 0.05) is 22.4 Å². The fourth-order valence-electron chi connectivity index (χ4n) is 4.14. The largest absolute Gasteiger partial charge is 0.447 e. The molecule has 0 unspecified atom stereocenters. The van der Waals surface area contributed by atoms with E-state index in [1.807, 2.05) is 69.3 Å². The minimum Gasteiger partial charge on any atom is -0.447 e. The Hall–Kier alpha value is -4.66. The first-order valence-electron chi connectivity index (χ1n) is 12.0. The summed E-state index contributed by atoms with van der Waals surface area (Å²) in [6.07, 6.45) is -0.656. The van der Waals surface area contributed by atoms with Gasteiger partial charge in [-0.3, -0.25) is 10.1 Å². The van der Waals surface area contributed by atoms with E-state index in [2.05, 4.69) is 10.6 Å². The average molecular weight is 498 g/mol. The topological polar surface area (TPSA) is 106 Å². The Bertz CT molecular complexity index is 1510. The predicted octanol–water partition coefficient (Wildman–Crippen LogP) is 5.56. The maximum atomic E-state index is 13.1. The van der Waals surface area contributed by atoms with Crippen LogP contribution in [0.1, 0.15) is 36.8 Å². The number of nitrogens with zero attached hydrogens (tertiary/aromatic N) is 3. The summed E-state index contributed by atoms with van der Waals surface area (Å²) in [5.74, 6) is -0.0106. The molecule has 0 spiro atoms. The summed E-state index contributed by atoms with van der Waals surface area (Å²) in [5, 5.41) is 12.5. The van der Waals surface area contributed by atoms with Gasteiger partial charge in [0.2, 0.25) is 0 Å². The summed E-state index contributed by atoms with van der Waals surface area (Å²) < 4.78 is 6.48. The van der Waals surface area contributed by atoms with Crippen molar-refractivity contribution in [2.24, 2.45) is 0 Å². The summed E-state index contributed by atoms with van der Waals surface area (Å²) >= 11 is 0. The first kappa shape index (κ1) is 24.1. The molecule has 0 aliphatic carbocycles. The molecule has 4 aromatic rings. The van der Waals surface area contributed by atoms with Gasteiger partial charge in [-0.15, -0.1) is 0 Å². The molecule has 1 aliphatic rings. The Morgan fingerprint density at radius 1 is 0.946 bits per heavy atom. The van der Waals surface area contributed by atoms with Gasteiger partial charge in [0.15, 0.2) is 0 Å². The second-order valence-electron chi connectivity index (χ2n) is 9.80. The number of aromatic nitrogens is 2. The molecule has 5 rings (SSSR count). The minimum absolute atomic E-state index is 0.179. The lowest BCUT2D eigenvalue weighted by atomic mass is 9.92. The van der Waals surface area contributed by atoms with Crippen molar-refractivity contribution in [1.29, 1.82) is 0 Å². The van der Waals surface area contributed by atoms with Crippen LogP contribution >= 0.6 is 0 Å². The van der Waals surface area contributed by atoms with Gasteiger partial charge in [0.05, 0.1) is 23.6 Å². The van der Waals surface area contributed by atoms with E-state index in [0.29, 0.717) is 22.8 Å². The monoisotopic (exact) mass is 497 g/mol. The molecular formula is C28H27N5O4. The molecule has 188 valence electrons. The summed E-state index contributed by atoms with van der Waals surface area (Å²) in [5.41, 5.74) is 2.03. The molecule has 1 saturated heterocycles. The number of carbonyl (C=O) groups is 3. The third-order valence-electron chi connectivity index (χ3n) is 6.10. The van der Waals surface area contributed by atoms with E-state index in [0.717, 1.165) is 21.4 Å². The molecule has 4 amide bonds. The third-order valence-corrected chi connectivity index (χ3v) is 6.10. The average Bonchev–Trinajstić information content (AvgIpc) is 3.50. The van der Waals surface area contributed by atoms with Crippen molar-refractivity contribution in [3.8, 4) is 5.69 Å². The zero-order valence-corrected chi connectivity index (χ0v) is 20.8. The van der Waals surface area contributed by atoms with Crippen molar-refractivity contribution in [2.75, 3.05) is 23.8 Å². The Morgan fingerprint density at radius 2 is 1.70 bits per heavy atom. The Morgan fingerprint density at radius 3 is 2.46 bits per heavy atom. The Labute approximate surface area is 214 Å². The van der Waals surface area contributed by atoms with Crippen molar-refractivity contribution >= 4 is 40.3 Å². The molecule has 0 atom stereocenters. The van der Waals surface area contributed by atoms with Gasteiger partial charge >= 0.3 is 12.1 Å². The van der Waals surface area contributed by atoms with Crippen LogP contribution in [-0.2, 0) is 10.2 Å². The molecular weight excluding hydrogens is 470 g/mol. The lowest BCUT2D eigenvalue weighted by molar-refractivity contribution is 0.0809. The number of cyclic esters (lactones) is 1. The molecule has 0 saturated carbocycles. The van der Waals surface area contributed by atoms with Crippen LogP contribution in [0.15, 0.2) is 72.8 Å².